The fourth-order valence-corrected chi connectivity index (χ4v) is 1.77. The van der Waals surface area contributed by atoms with E-state index in [1.807, 2.05) is 10.6 Å². The van der Waals surface area contributed by atoms with Gasteiger partial charge in [0.15, 0.2) is 11.6 Å². The maximum atomic E-state index is 5.50. The Labute approximate surface area is 91.9 Å². The van der Waals surface area contributed by atoms with E-state index in [9.17, 15) is 0 Å². The van der Waals surface area contributed by atoms with Gasteiger partial charge in [-0.3, -0.25) is 0 Å². The third-order valence-corrected chi connectivity index (χ3v) is 2.63. The topological polar surface area (TPSA) is 85.8 Å². The molecule has 0 unspecified atom stereocenters. The minimum atomic E-state index is 0.434. The summed E-state index contributed by atoms with van der Waals surface area (Å²) in [7, 11) is 0. The molecule has 0 aliphatic carbocycles. The molecular weight excluding hydrogens is 206 g/mol. The summed E-state index contributed by atoms with van der Waals surface area (Å²) in [5, 5.41) is 15.8. The molecule has 0 bridgehead atoms. The van der Waals surface area contributed by atoms with Crippen molar-refractivity contribution in [2.45, 2.75) is 13.1 Å². The highest BCUT2D eigenvalue weighted by Gasteiger charge is 2.18. The fourth-order valence-electron chi connectivity index (χ4n) is 1.77. The van der Waals surface area contributed by atoms with E-state index in [1.54, 1.807) is 12.4 Å². The Hall–Kier alpha value is -2.18. The lowest BCUT2D eigenvalue weighted by Gasteiger charge is -2.27. The molecule has 0 aromatic carbocycles. The summed E-state index contributed by atoms with van der Waals surface area (Å²) < 4.78 is 2.04. The zero-order valence-electron chi connectivity index (χ0n) is 8.61. The molecule has 0 amide bonds. The van der Waals surface area contributed by atoms with Crippen LogP contribution in [0.25, 0.3) is 0 Å². The average Bonchev–Trinajstić information content (AvgIpc) is 2.77. The van der Waals surface area contributed by atoms with E-state index in [0.717, 1.165) is 24.7 Å². The van der Waals surface area contributed by atoms with Crippen LogP contribution < -0.4 is 10.6 Å². The zero-order valence-corrected chi connectivity index (χ0v) is 8.61. The zero-order chi connectivity index (χ0) is 11.0. The number of hydrogen-bond donors (Lipinski definition) is 1. The summed E-state index contributed by atoms with van der Waals surface area (Å²) in [6.45, 7) is 2.45. The highest BCUT2D eigenvalue weighted by atomic mass is 15.3. The third-order valence-electron chi connectivity index (χ3n) is 2.63. The highest BCUT2D eigenvalue weighted by Crippen LogP contribution is 2.16. The summed E-state index contributed by atoms with van der Waals surface area (Å²) in [6, 6.07) is 3.62. The first-order valence-corrected chi connectivity index (χ1v) is 5.04. The first-order chi connectivity index (χ1) is 7.83. The summed E-state index contributed by atoms with van der Waals surface area (Å²) >= 11 is 0. The molecular formula is C9H11N7. The van der Waals surface area contributed by atoms with Gasteiger partial charge in [-0.15, -0.1) is 20.4 Å². The van der Waals surface area contributed by atoms with E-state index in [0.29, 0.717) is 12.4 Å². The van der Waals surface area contributed by atoms with Crippen molar-refractivity contribution in [1.29, 1.82) is 0 Å². The first kappa shape index (κ1) is 9.08. The molecule has 0 saturated heterocycles. The van der Waals surface area contributed by atoms with Crippen LogP contribution in [-0.4, -0.2) is 31.5 Å². The number of nitrogen functional groups attached to an aromatic ring is 1. The molecule has 82 valence electrons. The molecule has 7 nitrogen and oxygen atoms in total. The van der Waals surface area contributed by atoms with Gasteiger partial charge < -0.3 is 15.2 Å². The molecule has 3 heterocycles. The molecule has 2 N–H and O–H groups in total. The van der Waals surface area contributed by atoms with Gasteiger partial charge in [-0.25, -0.2) is 0 Å². The van der Waals surface area contributed by atoms with Crippen molar-refractivity contribution in [2.75, 3.05) is 17.2 Å². The average molecular weight is 217 g/mol. The van der Waals surface area contributed by atoms with E-state index in [1.165, 1.54) is 0 Å². The second-order valence-electron chi connectivity index (χ2n) is 3.68. The van der Waals surface area contributed by atoms with Gasteiger partial charge in [-0.05, 0) is 12.1 Å². The van der Waals surface area contributed by atoms with Crippen molar-refractivity contribution < 1.29 is 0 Å². The number of aromatic nitrogens is 5. The van der Waals surface area contributed by atoms with Crippen molar-refractivity contribution >= 4 is 11.6 Å². The second-order valence-corrected chi connectivity index (χ2v) is 3.68. The highest BCUT2D eigenvalue weighted by molar-refractivity contribution is 5.41. The van der Waals surface area contributed by atoms with Gasteiger partial charge in [0.05, 0.1) is 6.54 Å². The second kappa shape index (κ2) is 3.44. The van der Waals surface area contributed by atoms with Crippen molar-refractivity contribution in [1.82, 2.24) is 25.0 Å². The molecule has 0 atom stereocenters. The largest absolute Gasteiger partial charge is 0.382 e. The van der Waals surface area contributed by atoms with Gasteiger partial charge in [0.2, 0.25) is 0 Å². The van der Waals surface area contributed by atoms with Crippen LogP contribution in [0.1, 0.15) is 5.82 Å². The standard InChI is InChI=1S/C9H11N7/c10-7-1-2-8(14-12-7)15-3-4-16-6-11-13-9(16)5-15/h1-2,6H,3-5H2,(H2,10,12). The van der Waals surface area contributed by atoms with E-state index < -0.39 is 0 Å². The summed E-state index contributed by atoms with van der Waals surface area (Å²) in [5.41, 5.74) is 5.50. The van der Waals surface area contributed by atoms with E-state index in [2.05, 4.69) is 25.3 Å². The van der Waals surface area contributed by atoms with Crippen molar-refractivity contribution in [2.24, 2.45) is 0 Å². The first-order valence-electron chi connectivity index (χ1n) is 5.04. The molecule has 7 heteroatoms. The Bertz CT molecular complexity index is 489. The lowest BCUT2D eigenvalue weighted by molar-refractivity contribution is 0.554. The molecule has 2 aromatic rings. The summed E-state index contributed by atoms with van der Waals surface area (Å²) in [5.74, 6) is 2.21. The molecule has 1 aliphatic rings. The molecule has 0 fully saturated rings. The molecule has 3 rings (SSSR count). The Morgan fingerprint density at radius 1 is 1.12 bits per heavy atom. The van der Waals surface area contributed by atoms with Crippen LogP contribution in [-0.2, 0) is 13.1 Å². The SMILES string of the molecule is Nc1ccc(N2CCn3cnnc3C2)nn1. The molecule has 16 heavy (non-hydrogen) atoms. The van der Waals surface area contributed by atoms with Gasteiger partial charge in [0.25, 0.3) is 0 Å². The smallest absolute Gasteiger partial charge is 0.152 e. The number of nitrogens with two attached hydrogens (primary N) is 1. The van der Waals surface area contributed by atoms with Gasteiger partial charge >= 0.3 is 0 Å². The quantitative estimate of drug-likeness (QED) is 0.704. The molecule has 0 radical (unpaired) electrons. The molecule has 1 aliphatic heterocycles. The van der Waals surface area contributed by atoms with E-state index >= 15 is 0 Å². The monoisotopic (exact) mass is 217 g/mol. The predicted octanol–water partition coefficient (Wildman–Crippen LogP) is -0.330. The number of nitrogens with zero attached hydrogens (tertiary/aromatic N) is 6. The van der Waals surface area contributed by atoms with Crippen molar-refractivity contribution in [3.8, 4) is 0 Å². The minimum absolute atomic E-state index is 0.434. The number of hydrogen-bond acceptors (Lipinski definition) is 6. The number of rotatable bonds is 1. The van der Waals surface area contributed by atoms with Crippen LogP contribution in [0, 0.1) is 0 Å². The Balaban J connectivity index is 1.86. The maximum Gasteiger partial charge on any atom is 0.152 e. The molecule has 0 spiro atoms. The maximum absolute atomic E-state index is 5.50. The van der Waals surface area contributed by atoms with Crippen LogP contribution in [0.15, 0.2) is 18.5 Å². The molecule has 0 saturated carbocycles. The van der Waals surface area contributed by atoms with Gasteiger partial charge in [-0.2, -0.15) is 0 Å². The lowest BCUT2D eigenvalue weighted by Crippen LogP contribution is -2.34. The Morgan fingerprint density at radius 3 is 2.88 bits per heavy atom. The molecule has 2 aromatic heterocycles. The van der Waals surface area contributed by atoms with Gasteiger partial charge in [0.1, 0.15) is 12.1 Å². The fraction of sp³-hybridized carbons (Fsp3) is 0.333. The van der Waals surface area contributed by atoms with Crippen molar-refractivity contribution in [3.05, 3.63) is 24.3 Å². The van der Waals surface area contributed by atoms with Gasteiger partial charge in [-0.1, -0.05) is 0 Å². The Morgan fingerprint density at radius 2 is 2.06 bits per heavy atom. The van der Waals surface area contributed by atoms with Crippen molar-refractivity contribution in [3.63, 3.8) is 0 Å². The van der Waals surface area contributed by atoms with E-state index in [4.69, 9.17) is 5.73 Å². The Kier molecular flexibility index (Phi) is 1.95. The third kappa shape index (κ3) is 1.46. The summed E-state index contributed by atoms with van der Waals surface area (Å²) in [6.07, 6.45) is 1.75. The van der Waals surface area contributed by atoms with Crippen LogP contribution in [0.5, 0.6) is 0 Å². The minimum Gasteiger partial charge on any atom is -0.382 e. The van der Waals surface area contributed by atoms with Crippen LogP contribution >= 0.6 is 0 Å². The summed E-state index contributed by atoms with van der Waals surface area (Å²) in [4.78, 5) is 2.11. The van der Waals surface area contributed by atoms with E-state index in [-0.39, 0.29) is 0 Å². The van der Waals surface area contributed by atoms with Crippen LogP contribution in [0.2, 0.25) is 0 Å². The van der Waals surface area contributed by atoms with Crippen LogP contribution in [0.3, 0.4) is 0 Å². The number of fused-ring (bicyclic) bond motifs is 1. The predicted molar refractivity (Wildman–Crippen MR) is 57.5 cm³/mol. The van der Waals surface area contributed by atoms with Crippen LogP contribution in [0.4, 0.5) is 11.6 Å². The number of anilines is 2. The lowest BCUT2D eigenvalue weighted by atomic mass is 10.3. The van der Waals surface area contributed by atoms with Gasteiger partial charge in [0, 0.05) is 13.1 Å². The normalized spacial score (nSPS) is 14.9.